The summed E-state index contributed by atoms with van der Waals surface area (Å²) in [5.41, 5.74) is 3.65. The predicted molar refractivity (Wildman–Crippen MR) is 148 cm³/mol. The standard InChI is InChI=1S/C31H35FO8/c1-16-19(4)27(21(6)28(36-7)24(16)30(33)34)40-31(35)25-17(2)18(3)26(20(5)29(25)37-8)39-14-10-13-38-23-12-9-11-22(32)15-23/h9,11-12,15H,10,13-14H2,1-8H3,(H,33,34). The normalized spacial score (nSPS) is 10.7. The van der Waals surface area contributed by atoms with Crippen molar-refractivity contribution in [2.45, 2.75) is 48.0 Å². The molecule has 0 aliphatic carbocycles. The maximum absolute atomic E-state index is 13.6. The van der Waals surface area contributed by atoms with Gasteiger partial charge in [0.2, 0.25) is 0 Å². The molecule has 0 bridgehead atoms. The molecule has 3 aromatic carbocycles. The summed E-state index contributed by atoms with van der Waals surface area (Å²) in [4.78, 5) is 25.4. The second kappa shape index (κ2) is 12.7. The van der Waals surface area contributed by atoms with Crippen LogP contribution < -0.4 is 23.7 Å². The van der Waals surface area contributed by atoms with Gasteiger partial charge < -0.3 is 28.8 Å². The second-order valence-corrected chi connectivity index (χ2v) is 9.43. The lowest BCUT2D eigenvalue weighted by Gasteiger charge is -2.22. The molecule has 0 radical (unpaired) electrons. The van der Waals surface area contributed by atoms with E-state index >= 15 is 0 Å². The van der Waals surface area contributed by atoms with Crippen LogP contribution >= 0.6 is 0 Å². The quantitative estimate of drug-likeness (QED) is 0.164. The van der Waals surface area contributed by atoms with Gasteiger partial charge in [-0.3, -0.25) is 0 Å². The van der Waals surface area contributed by atoms with E-state index in [1.54, 1.807) is 46.8 Å². The molecule has 3 aromatic rings. The van der Waals surface area contributed by atoms with Crippen LogP contribution in [0, 0.1) is 47.4 Å². The number of rotatable bonds is 11. The van der Waals surface area contributed by atoms with E-state index in [1.165, 1.54) is 26.4 Å². The van der Waals surface area contributed by atoms with Crippen LogP contribution in [0.15, 0.2) is 24.3 Å². The topological polar surface area (TPSA) is 101 Å². The fourth-order valence-corrected chi connectivity index (χ4v) is 4.71. The molecule has 0 fully saturated rings. The zero-order valence-corrected chi connectivity index (χ0v) is 24.1. The Hall–Kier alpha value is -4.27. The van der Waals surface area contributed by atoms with Crippen LogP contribution in [0.5, 0.6) is 28.7 Å². The Morgan fingerprint density at radius 1 is 0.725 bits per heavy atom. The molecule has 0 aliphatic rings. The first-order chi connectivity index (χ1) is 18.9. The van der Waals surface area contributed by atoms with Crippen LogP contribution in [0.1, 0.15) is 60.5 Å². The van der Waals surface area contributed by atoms with E-state index in [4.69, 9.17) is 23.7 Å². The monoisotopic (exact) mass is 554 g/mol. The van der Waals surface area contributed by atoms with Crippen molar-refractivity contribution in [2.24, 2.45) is 0 Å². The van der Waals surface area contributed by atoms with E-state index in [1.807, 2.05) is 6.92 Å². The predicted octanol–water partition coefficient (Wildman–Crippen LogP) is 6.46. The average molecular weight is 555 g/mol. The molecule has 1 N–H and O–H groups in total. The molecule has 0 amide bonds. The Balaban J connectivity index is 1.86. The van der Waals surface area contributed by atoms with Gasteiger partial charge in [-0.25, -0.2) is 14.0 Å². The van der Waals surface area contributed by atoms with Gasteiger partial charge in [0, 0.05) is 23.6 Å². The molecule has 0 aromatic heterocycles. The molecule has 0 saturated carbocycles. The number of hydrogen-bond acceptors (Lipinski definition) is 7. The van der Waals surface area contributed by atoms with Crippen LogP contribution in [0.4, 0.5) is 4.39 Å². The highest BCUT2D eigenvalue weighted by molar-refractivity contribution is 5.98. The van der Waals surface area contributed by atoms with Crippen LogP contribution in [-0.2, 0) is 0 Å². The summed E-state index contributed by atoms with van der Waals surface area (Å²) < 4.78 is 41.9. The zero-order chi connectivity index (χ0) is 29.7. The number of carboxylic acids is 1. The number of methoxy groups -OCH3 is 2. The Kier molecular flexibility index (Phi) is 9.63. The Morgan fingerprint density at radius 2 is 1.27 bits per heavy atom. The third kappa shape index (κ3) is 5.98. The number of aromatic carboxylic acids is 1. The SMILES string of the molecule is COc1c(C)c(OC(=O)c2c(C)c(C)c(OCCCOc3cccc(F)c3)c(C)c2OC)c(C)c(C)c1C(=O)O. The van der Waals surface area contributed by atoms with Gasteiger partial charge in [-0.15, -0.1) is 0 Å². The van der Waals surface area contributed by atoms with Gasteiger partial charge in [-0.05, 0) is 75.9 Å². The minimum Gasteiger partial charge on any atom is -0.495 e. The fourth-order valence-electron chi connectivity index (χ4n) is 4.71. The first-order valence-corrected chi connectivity index (χ1v) is 12.8. The number of benzene rings is 3. The second-order valence-electron chi connectivity index (χ2n) is 9.43. The van der Waals surface area contributed by atoms with Crippen LogP contribution in [-0.4, -0.2) is 44.5 Å². The van der Waals surface area contributed by atoms with Crippen LogP contribution in [0.2, 0.25) is 0 Å². The largest absolute Gasteiger partial charge is 0.495 e. The number of carbonyl (C=O) groups excluding carboxylic acids is 1. The Labute approximate surface area is 233 Å². The van der Waals surface area contributed by atoms with Gasteiger partial charge in [0.15, 0.2) is 0 Å². The van der Waals surface area contributed by atoms with Crippen molar-refractivity contribution in [3.63, 3.8) is 0 Å². The summed E-state index contributed by atoms with van der Waals surface area (Å²) in [6.45, 7) is 11.1. The van der Waals surface area contributed by atoms with Crippen molar-refractivity contribution in [1.82, 2.24) is 0 Å². The van der Waals surface area contributed by atoms with Crippen LogP contribution in [0.25, 0.3) is 0 Å². The molecule has 8 nitrogen and oxygen atoms in total. The molecule has 9 heteroatoms. The minimum absolute atomic E-state index is 0.0283. The van der Waals surface area contributed by atoms with E-state index in [0.717, 1.165) is 5.56 Å². The number of carbonyl (C=O) groups is 2. The van der Waals surface area contributed by atoms with Crippen molar-refractivity contribution in [3.8, 4) is 28.7 Å². The smallest absolute Gasteiger partial charge is 0.347 e. The highest BCUT2D eigenvalue weighted by Gasteiger charge is 2.29. The first kappa shape index (κ1) is 30.3. The van der Waals surface area contributed by atoms with Crippen molar-refractivity contribution < 1.29 is 42.8 Å². The third-order valence-corrected chi connectivity index (χ3v) is 6.99. The molecule has 0 saturated heterocycles. The molecule has 0 aliphatic heterocycles. The summed E-state index contributed by atoms with van der Waals surface area (Å²) in [6, 6.07) is 5.94. The molecule has 3 rings (SSSR count). The van der Waals surface area contributed by atoms with Gasteiger partial charge in [0.05, 0.1) is 27.4 Å². The molecule has 214 valence electrons. The van der Waals surface area contributed by atoms with E-state index in [0.29, 0.717) is 64.7 Å². The maximum Gasteiger partial charge on any atom is 0.347 e. The third-order valence-electron chi connectivity index (χ3n) is 6.99. The summed E-state index contributed by atoms with van der Waals surface area (Å²) >= 11 is 0. The lowest BCUT2D eigenvalue weighted by molar-refractivity contribution is 0.0692. The lowest BCUT2D eigenvalue weighted by Crippen LogP contribution is -2.17. The summed E-state index contributed by atoms with van der Waals surface area (Å²) in [5, 5.41) is 9.69. The number of esters is 1. The molecular weight excluding hydrogens is 519 g/mol. The van der Waals surface area contributed by atoms with E-state index < -0.39 is 11.9 Å². The summed E-state index contributed by atoms with van der Waals surface area (Å²) in [5.74, 6) is -0.404. The number of carboxylic acid groups (broad SMARTS) is 1. The maximum atomic E-state index is 13.6. The van der Waals surface area contributed by atoms with Gasteiger partial charge in [-0.2, -0.15) is 0 Å². The van der Waals surface area contributed by atoms with E-state index in [2.05, 4.69) is 0 Å². The Morgan fingerprint density at radius 3 is 1.88 bits per heavy atom. The Bertz CT molecular complexity index is 1440. The average Bonchev–Trinajstić information content (AvgIpc) is 2.91. The first-order valence-electron chi connectivity index (χ1n) is 12.8. The highest BCUT2D eigenvalue weighted by Crippen LogP contribution is 2.41. The summed E-state index contributed by atoms with van der Waals surface area (Å²) in [6.07, 6.45) is 0.548. The minimum atomic E-state index is -1.13. The number of hydrogen-bond donors (Lipinski definition) is 1. The lowest BCUT2D eigenvalue weighted by atomic mass is 9.96. The fraction of sp³-hybridized carbons (Fsp3) is 0.355. The molecule has 0 unspecified atom stereocenters. The van der Waals surface area contributed by atoms with Gasteiger partial charge in [0.1, 0.15) is 45.7 Å². The summed E-state index contributed by atoms with van der Waals surface area (Å²) in [7, 11) is 2.84. The van der Waals surface area contributed by atoms with Crippen molar-refractivity contribution >= 4 is 11.9 Å². The van der Waals surface area contributed by atoms with Crippen molar-refractivity contribution in [3.05, 3.63) is 74.6 Å². The van der Waals surface area contributed by atoms with E-state index in [9.17, 15) is 19.1 Å². The molecule has 40 heavy (non-hydrogen) atoms. The highest BCUT2D eigenvalue weighted by atomic mass is 19.1. The van der Waals surface area contributed by atoms with E-state index in [-0.39, 0.29) is 28.4 Å². The van der Waals surface area contributed by atoms with Crippen molar-refractivity contribution in [2.75, 3.05) is 27.4 Å². The van der Waals surface area contributed by atoms with Crippen molar-refractivity contribution in [1.29, 1.82) is 0 Å². The molecular formula is C31H35FO8. The molecule has 0 spiro atoms. The zero-order valence-electron chi connectivity index (χ0n) is 24.1. The van der Waals surface area contributed by atoms with Gasteiger partial charge in [0.25, 0.3) is 0 Å². The number of halogens is 1. The molecule has 0 heterocycles. The van der Waals surface area contributed by atoms with Gasteiger partial charge >= 0.3 is 11.9 Å². The van der Waals surface area contributed by atoms with Crippen LogP contribution in [0.3, 0.4) is 0 Å². The number of ether oxygens (including phenoxy) is 5. The van der Waals surface area contributed by atoms with Gasteiger partial charge in [-0.1, -0.05) is 6.07 Å². The molecule has 0 atom stereocenters.